The summed E-state index contributed by atoms with van der Waals surface area (Å²) >= 11 is 0. The lowest BCUT2D eigenvalue weighted by Gasteiger charge is -2.39. The molecule has 3 unspecified atom stereocenters. The van der Waals surface area contributed by atoms with Crippen molar-refractivity contribution < 1.29 is 28.9 Å². The molecular weight excluding hydrogens is 632 g/mol. The highest BCUT2D eigenvalue weighted by Crippen LogP contribution is 2.39. The van der Waals surface area contributed by atoms with E-state index in [0.29, 0.717) is 24.3 Å². The molecule has 0 radical (unpaired) electrons. The molecule has 0 aromatic heterocycles. The Bertz CT molecular complexity index is 1710. The number of aliphatic hydroxyl groups is 1. The van der Waals surface area contributed by atoms with Gasteiger partial charge in [0.25, 0.3) is 0 Å². The summed E-state index contributed by atoms with van der Waals surface area (Å²) in [5, 5.41) is 15.3. The van der Waals surface area contributed by atoms with E-state index in [4.69, 9.17) is 19.9 Å². The zero-order chi connectivity index (χ0) is 34.7. The van der Waals surface area contributed by atoms with Crippen molar-refractivity contribution in [2.45, 2.75) is 57.3 Å². The molecule has 2 aliphatic rings. The van der Waals surface area contributed by atoms with Crippen LogP contribution in [-0.2, 0) is 37.0 Å². The Hall–Kier alpha value is -4.58. The quantitative estimate of drug-likeness (QED) is 0.132. The Morgan fingerprint density at radius 2 is 1.52 bits per heavy atom. The monoisotopic (exact) mass is 678 g/mol. The topological polar surface area (TPSA) is 135 Å². The molecule has 10 heteroatoms. The second kappa shape index (κ2) is 17.4. The zero-order valence-corrected chi connectivity index (χ0v) is 28.3. The fourth-order valence-electron chi connectivity index (χ4n) is 6.40. The zero-order valence-electron chi connectivity index (χ0n) is 28.3. The SMILES string of the molecule is Nc1ccccc1NC(=O)CCCC(=O)NCc1ccccc1-c1ccc(C2OC(CN3CCOCC3)CC(c3ccc(CO)cc3)O2)cc1. The van der Waals surface area contributed by atoms with Crippen LogP contribution in [0, 0.1) is 0 Å². The number of hydrogen-bond acceptors (Lipinski definition) is 8. The number of morpholine rings is 1. The summed E-state index contributed by atoms with van der Waals surface area (Å²) < 4.78 is 18.7. The molecule has 3 atom stereocenters. The van der Waals surface area contributed by atoms with Gasteiger partial charge in [-0.3, -0.25) is 14.5 Å². The summed E-state index contributed by atoms with van der Waals surface area (Å²) in [6.07, 6.45) is 0.941. The Balaban J connectivity index is 1.07. The van der Waals surface area contributed by atoms with E-state index in [1.807, 2.05) is 72.8 Å². The van der Waals surface area contributed by atoms with Gasteiger partial charge in [0.15, 0.2) is 6.29 Å². The van der Waals surface area contributed by atoms with E-state index in [9.17, 15) is 14.7 Å². The van der Waals surface area contributed by atoms with Gasteiger partial charge in [0.1, 0.15) is 0 Å². The summed E-state index contributed by atoms with van der Waals surface area (Å²) in [5.41, 5.74) is 12.9. The summed E-state index contributed by atoms with van der Waals surface area (Å²) in [6, 6.07) is 31.3. The molecule has 2 fully saturated rings. The van der Waals surface area contributed by atoms with E-state index in [1.165, 1.54) is 0 Å². The number of carbonyl (C=O) groups excluding carboxylic acids is 2. The van der Waals surface area contributed by atoms with Crippen LogP contribution in [0.2, 0.25) is 0 Å². The molecule has 10 nitrogen and oxygen atoms in total. The summed E-state index contributed by atoms with van der Waals surface area (Å²) in [5.74, 6) is -0.283. The van der Waals surface area contributed by atoms with Crippen LogP contribution < -0.4 is 16.4 Å². The van der Waals surface area contributed by atoms with Crippen molar-refractivity contribution >= 4 is 23.2 Å². The molecule has 4 aromatic rings. The number of ether oxygens (including phenoxy) is 3. The highest BCUT2D eigenvalue weighted by atomic mass is 16.7. The number of nitrogens with two attached hydrogens (primary N) is 1. The van der Waals surface area contributed by atoms with Crippen LogP contribution in [0.25, 0.3) is 11.1 Å². The lowest BCUT2D eigenvalue weighted by molar-refractivity contribution is -0.253. The molecule has 2 saturated heterocycles. The number of para-hydroxylation sites is 2. The van der Waals surface area contributed by atoms with Crippen molar-refractivity contribution in [3.8, 4) is 11.1 Å². The maximum Gasteiger partial charge on any atom is 0.224 e. The molecule has 0 saturated carbocycles. The van der Waals surface area contributed by atoms with Crippen LogP contribution in [0.1, 0.15) is 60.3 Å². The first-order chi connectivity index (χ1) is 24.4. The summed E-state index contributed by atoms with van der Waals surface area (Å²) in [6.45, 7) is 4.42. The van der Waals surface area contributed by atoms with Gasteiger partial charge in [0.05, 0.1) is 43.4 Å². The minimum absolute atomic E-state index is 0.00521. The second-order valence-corrected chi connectivity index (χ2v) is 12.8. The molecule has 2 heterocycles. The van der Waals surface area contributed by atoms with E-state index in [1.54, 1.807) is 12.1 Å². The fraction of sp³-hybridized carbons (Fsp3) is 0.350. The number of anilines is 2. The van der Waals surface area contributed by atoms with E-state index < -0.39 is 6.29 Å². The highest BCUT2D eigenvalue weighted by Gasteiger charge is 2.33. The van der Waals surface area contributed by atoms with Gasteiger partial charge in [0.2, 0.25) is 11.8 Å². The van der Waals surface area contributed by atoms with Gasteiger partial charge in [-0.1, -0.05) is 84.9 Å². The van der Waals surface area contributed by atoms with Gasteiger partial charge >= 0.3 is 0 Å². The van der Waals surface area contributed by atoms with Gasteiger partial charge in [-0.2, -0.15) is 0 Å². The number of nitrogen functional groups attached to an aromatic ring is 1. The van der Waals surface area contributed by atoms with Crippen LogP contribution >= 0.6 is 0 Å². The standard InChI is InChI=1S/C40H46N4O6/c41-35-8-3-4-9-36(35)43-39(47)11-5-10-38(46)42-25-32-6-1-2-7-34(32)29-16-18-31(19-17-29)40-49-33(26-44-20-22-48-23-21-44)24-37(50-40)30-14-12-28(27-45)13-15-30/h1-4,6-9,12-19,33,37,40,45H,5,10-11,20-27,41H2,(H,42,46)(H,43,47). The predicted molar refractivity (Wildman–Crippen MR) is 193 cm³/mol. The van der Waals surface area contributed by atoms with Gasteiger partial charge in [-0.15, -0.1) is 0 Å². The highest BCUT2D eigenvalue weighted by molar-refractivity contribution is 5.94. The second-order valence-electron chi connectivity index (χ2n) is 12.8. The molecule has 2 amide bonds. The largest absolute Gasteiger partial charge is 0.397 e. The fourth-order valence-corrected chi connectivity index (χ4v) is 6.40. The normalized spacial score (nSPS) is 19.5. The van der Waals surface area contributed by atoms with Crippen molar-refractivity contribution in [1.82, 2.24) is 10.2 Å². The minimum atomic E-state index is -0.534. The first kappa shape index (κ1) is 35.3. The molecule has 4 aromatic carbocycles. The number of nitrogens with zero attached hydrogens (tertiary/aromatic N) is 1. The number of amides is 2. The summed E-state index contributed by atoms with van der Waals surface area (Å²) in [4.78, 5) is 27.4. The van der Waals surface area contributed by atoms with Gasteiger partial charge < -0.3 is 35.7 Å². The third kappa shape index (κ3) is 9.56. The molecular formula is C40H46N4O6. The average molecular weight is 679 g/mol. The molecule has 5 N–H and O–H groups in total. The number of rotatable bonds is 13. The molecule has 262 valence electrons. The number of hydrogen-bond donors (Lipinski definition) is 4. The van der Waals surface area contributed by atoms with Crippen molar-refractivity contribution in [2.75, 3.05) is 43.9 Å². The molecule has 0 bridgehead atoms. The van der Waals surface area contributed by atoms with Gasteiger partial charge in [0, 0.05) is 51.0 Å². The first-order valence-electron chi connectivity index (χ1n) is 17.3. The minimum Gasteiger partial charge on any atom is -0.397 e. The van der Waals surface area contributed by atoms with Crippen molar-refractivity contribution in [3.63, 3.8) is 0 Å². The van der Waals surface area contributed by atoms with E-state index in [2.05, 4.69) is 27.7 Å². The third-order valence-corrected chi connectivity index (χ3v) is 9.21. The van der Waals surface area contributed by atoms with Crippen molar-refractivity contribution in [2.24, 2.45) is 0 Å². The predicted octanol–water partition coefficient (Wildman–Crippen LogP) is 5.73. The maximum atomic E-state index is 12.7. The van der Waals surface area contributed by atoms with Crippen LogP contribution in [-0.4, -0.2) is 60.8 Å². The number of nitrogens with one attached hydrogen (secondary N) is 2. The summed E-state index contributed by atoms with van der Waals surface area (Å²) in [7, 11) is 0. The Labute approximate surface area is 293 Å². The average Bonchev–Trinajstić information content (AvgIpc) is 3.15. The smallest absolute Gasteiger partial charge is 0.224 e. The van der Waals surface area contributed by atoms with E-state index in [0.717, 1.165) is 72.6 Å². The van der Waals surface area contributed by atoms with Crippen LogP contribution in [0.4, 0.5) is 11.4 Å². The van der Waals surface area contributed by atoms with Gasteiger partial charge in [-0.05, 0) is 46.4 Å². The molecule has 6 rings (SSSR count). The number of benzene rings is 4. The Morgan fingerprint density at radius 1 is 0.820 bits per heavy atom. The number of carbonyl (C=O) groups is 2. The van der Waals surface area contributed by atoms with Crippen molar-refractivity contribution in [3.05, 3.63) is 119 Å². The van der Waals surface area contributed by atoms with Crippen LogP contribution in [0.5, 0.6) is 0 Å². The lowest BCUT2D eigenvalue weighted by atomic mass is 9.97. The maximum absolute atomic E-state index is 12.7. The molecule has 2 aliphatic heterocycles. The lowest BCUT2D eigenvalue weighted by Crippen LogP contribution is -2.44. The Kier molecular flexibility index (Phi) is 12.3. The van der Waals surface area contributed by atoms with E-state index in [-0.39, 0.29) is 43.5 Å². The number of aliphatic hydroxyl groups excluding tert-OH is 1. The van der Waals surface area contributed by atoms with Crippen molar-refractivity contribution in [1.29, 1.82) is 0 Å². The Morgan fingerprint density at radius 3 is 2.28 bits per heavy atom. The van der Waals surface area contributed by atoms with Crippen LogP contribution in [0.3, 0.4) is 0 Å². The van der Waals surface area contributed by atoms with Crippen LogP contribution in [0.15, 0.2) is 97.1 Å². The molecule has 50 heavy (non-hydrogen) atoms. The third-order valence-electron chi connectivity index (χ3n) is 9.21. The van der Waals surface area contributed by atoms with E-state index >= 15 is 0 Å². The first-order valence-corrected chi connectivity index (χ1v) is 17.3. The molecule has 0 aliphatic carbocycles. The molecule has 0 spiro atoms. The van der Waals surface area contributed by atoms with Gasteiger partial charge in [-0.25, -0.2) is 0 Å².